The second-order valence-electron chi connectivity index (χ2n) is 4.18. The molecule has 3 rings (SSSR count). The Labute approximate surface area is 83.5 Å². The summed E-state index contributed by atoms with van der Waals surface area (Å²) in [5.41, 5.74) is 0. The summed E-state index contributed by atoms with van der Waals surface area (Å²) in [6, 6.07) is 4.59. The standard InChI is InChI=1S/C11H14N2O/c1-2-10(7-12-3-1)14-11-5-9-4-8(11)6-13-9/h1-3,7-9,11,13H,4-6H2/t8?,9?,11-/m0/s1. The van der Waals surface area contributed by atoms with Crippen molar-refractivity contribution in [3.05, 3.63) is 24.5 Å². The molecule has 1 aliphatic carbocycles. The molecule has 2 fully saturated rings. The molecular weight excluding hydrogens is 176 g/mol. The zero-order chi connectivity index (χ0) is 9.38. The smallest absolute Gasteiger partial charge is 0.138 e. The molecule has 2 aliphatic rings. The molecule has 3 heteroatoms. The molecule has 2 heterocycles. The van der Waals surface area contributed by atoms with E-state index in [0.29, 0.717) is 18.1 Å². The van der Waals surface area contributed by atoms with Gasteiger partial charge in [-0.1, -0.05) is 0 Å². The number of hydrogen-bond donors (Lipinski definition) is 1. The maximum absolute atomic E-state index is 5.91. The molecule has 0 spiro atoms. The van der Waals surface area contributed by atoms with E-state index in [1.54, 1.807) is 12.4 Å². The molecule has 0 aromatic carbocycles. The number of nitrogens with zero attached hydrogens (tertiary/aromatic N) is 1. The largest absolute Gasteiger partial charge is 0.488 e. The normalized spacial score (nSPS) is 34.7. The molecule has 0 amide bonds. The zero-order valence-corrected chi connectivity index (χ0v) is 8.02. The van der Waals surface area contributed by atoms with Crippen LogP contribution in [0.1, 0.15) is 12.8 Å². The molecule has 1 aromatic rings. The highest BCUT2D eigenvalue weighted by molar-refractivity contribution is 5.16. The molecule has 1 aliphatic heterocycles. The highest BCUT2D eigenvalue weighted by Gasteiger charge is 2.40. The first-order valence-corrected chi connectivity index (χ1v) is 5.22. The average Bonchev–Trinajstić information content (AvgIpc) is 2.81. The topological polar surface area (TPSA) is 34.1 Å². The monoisotopic (exact) mass is 190 g/mol. The summed E-state index contributed by atoms with van der Waals surface area (Å²) >= 11 is 0. The molecule has 3 atom stereocenters. The lowest BCUT2D eigenvalue weighted by molar-refractivity contribution is 0.145. The molecule has 74 valence electrons. The highest BCUT2D eigenvalue weighted by atomic mass is 16.5. The van der Waals surface area contributed by atoms with Crippen LogP contribution in [0.2, 0.25) is 0 Å². The van der Waals surface area contributed by atoms with Crippen LogP contribution in [0.4, 0.5) is 0 Å². The second kappa shape index (κ2) is 3.24. The molecule has 1 saturated heterocycles. The Kier molecular flexibility index (Phi) is 1.91. The third-order valence-corrected chi connectivity index (χ3v) is 3.22. The van der Waals surface area contributed by atoms with Gasteiger partial charge in [0.05, 0.1) is 6.20 Å². The molecule has 14 heavy (non-hydrogen) atoms. The first kappa shape index (κ1) is 8.24. The van der Waals surface area contributed by atoms with E-state index in [1.807, 2.05) is 12.1 Å². The quantitative estimate of drug-likeness (QED) is 0.761. The van der Waals surface area contributed by atoms with Crippen molar-refractivity contribution in [3.8, 4) is 5.75 Å². The maximum atomic E-state index is 5.91. The SMILES string of the molecule is c1cncc(O[C@H]2CC3CC2CN3)c1. The fourth-order valence-corrected chi connectivity index (χ4v) is 2.52. The van der Waals surface area contributed by atoms with Crippen LogP contribution in [0.15, 0.2) is 24.5 Å². The fraction of sp³-hybridized carbons (Fsp3) is 0.545. The van der Waals surface area contributed by atoms with Crippen molar-refractivity contribution in [1.82, 2.24) is 10.3 Å². The number of aromatic nitrogens is 1. The number of fused-ring (bicyclic) bond motifs is 2. The van der Waals surface area contributed by atoms with Gasteiger partial charge in [-0.3, -0.25) is 4.98 Å². The van der Waals surface area contributed by atoms with E-state index in [1.165, 1.54) is 6.42 Å². The lowest BCUT2D eigenvalue weighted by Crippen LogP contribution is -2.35. The van der Waals surface area contributed by atoms with Crippen molar-refractivity contribution >= 4 is 0 Å². The van der Waals surface area contributed by atoms with Crippen LogP contribution in [-0.2, 0) is 0 Å². The van der Waals surface area contributed by atoms with Crippen LogP contribution in [-0.4, -0.2) is 23.7 Å². The lowest BCUT2D eigenvalue weighted by Gasteiger charge is -2.23. The van der Waals surface area contributed by atoms with E-state index in [-0.39, 0.29) is 0 Å². The number of pyridine rings is 1. The van der Waals surface area contributed by atoms with Gasteiger partial charge in [-0.05, 0) is 25.0 Å². The van der Waals surface area contributed by atoms with E-state index in [4.69, 9.17) is 4.74 Å². The summed E-state index contributed by atoms with van der Waals surface area (Å²) in [7, 11) is 0. The zero-order valence-electron chi connectivity index (χ0n) is 8.02. The van der Waals surface area contributed by atoms with Gasteiger partial charge in [-0.25, -0.2) is 0 Å². The molecule has 3 nitrogen and oxygen atoms in total. The number of hydrogen-bond acceptors (Lipinski definition) is 3. The van der Waals surface area contributed by atoms with Gasteiger partial charge in [0.2, 0.25) is 0 Å². The summed E-state index contributed by atoms with van der Waals surface area (Å²) in [4.78, 5) is 4.05. The molecular formula is C11H14N2O. The minimum atomic E-state index is 0.408. The van der Waals surface area contributed by atoms with Crippen LogP contribution in [0, 0.1) is 5.92 Å². The van der Waals surface area contributed by atoms with Gasteiger partial charge in [0.15, 0.2) is 0 Å². The van der Waals surface area contributed by atoms with E-state index in [9.17, 15) is 0 Å². The molecule has 2 bridgehead atoms. The van der Waals surface area contributed by atoms with E-state index < -0.39 is 0 Å². The number of rotatable bonds is 2. The number of ether oxygens (including phenoxy) is 1. The van der Waals surface area contributed by atoms with Crippen molar-refractivity contribution in [1.29, 1.82) is 0 Å². The van der Waals surface area contributed by atoms with E-state index in [2.05, 4.69) is 10.3 Å². The lowest BCUT2D eigenvalue weighted by atomic mass is 10.1. The van der Waals surface area contributed by atoms with Crippen LogP contribution in [0.25, 0.3) is 0 Å². The predicted molar refractivity (Wildman–Crippen MR) is 53.2 cm³/mol. The van der Waals surface area contributed by atoms with Gasteiger partial charge in [-0.2, -0.15) is 0 Å². The minimum absolute atomic E-state index is 0.408. The third-order valence-electron chi connectivity index (χ3n) is 3.22. The first-order chi connectivity index (χ1) is 6.92. The third kappa shape index (κ3) is 1.38. The fourth-order valence-electron chi connectivity index (χ4n) is 2.52. The van der Waals surface area contributed by atoms with Gasteiger partial charge in [-0.15, -0.1) is 0 Å². The Morgan fingerprint density at radius 2 is 2.43 bits per heavy atom. The summed E-state index contributed by atoms with van der Waals surface area (Å²) in [6.45, 7) is 1.12. The van der Waals surface area contributed by atoms with Gasteiger partial charge in [0.25, 0.3) is 0 Å². The highest BCUT2D eigenvalue weighted by Crippen LogP contribution is 2.33. The van der Waals surface area contributed by atoms with Crippen LogP contribution in [0.5, 0.6) is 5.75 Å². The van der Waals surface area contributed by atoms with Gasteiger partial charge < -0.3 is 10.1 Å². The summed E-state index contributed by atoms with van der Waals surface area (Å²) in [6.07, 6.45) is 6.41. The van der Waals surface area contributed by atoms with Gasteiger partial charge >= 0.3 is 0 Å². The van der Waals surface area contributed by atoms with Crippen LogP contribution in [0.3, 0.4) is 0 Å². The minimum Gasteiger partial charge on any atom is -0.488 e. The second-order valence-corrected chi connectivity index (χ2v) is 4.18. The Bertz CT molecular complexity index is 314. The number of nitrogens with one attached hydrogen (secondary N) is 1. The summed E-state index contributed by atoms with van der Waals surface area (Å²) < 4.78 is 5.91. The molecule has 1 aromatic heterocycles. The average molecular weight is 190 g/mol. The van der Waals surface area contributed by atoms with Crippen molar-refractivity contribution in [2.24, 2.45) is 5.92 Å². The Morgan fingerprint density at radius 3 is 3.07 bits per heavy atom. The van der Waals surface area contributed by atoms with E-state index >= 15 is 0 Å². The number of piperidine rings is 1. The molecule has 0 radical (unpaired) electrons. The maximum Gasteiger partial charge on any atom is 0.138 e. The molecule has 2 unspecified atom stereocenters. The van der Waals surface area contributed by atoms with Crippen molar-refractivity contribution in [2.75, 3.05) is 6.54 Å². The van der Waals surface area contributed by atoms with Crippen molar-refractivity contribution < 1.29 is 4.74 Å². The van der Waals surface area contributed by atoms with Crippen LogP contribution >= 0.6 is 0 Å². The Hall–Kier alpha value is -1.09. The Morgan fingerprint density at radius 1 is 1.43 bits per heavy atom. The van der Waals surface area contributed by atoms with Gasteiger partial charge in [0.1, 0.15) is 11.9 Å². The molecule has 1 saturated carbocycles. The van der Waals surface area contributed by atoms with Crippen LogP contribution < -0.4 is 10.1 Å². The van der Waals surface area contributed by atoms with E-state index in [0.717, 1.165) is 18.7 Å². The van der Waals surface area contributed by atoms with Gasteiger partial charge in [0, 0.05) is 24.7 Å². The molecule has 1 N–H and O–H groups in total. The summed E-state index contributed by atoms with van der Waals surface area (Å²) in [5.74, 6) is 1.62. The predicted octanol–water partition coefficient (Wildman–Crippen LogP) is 1.21. The van der Waals surface area contributed by atoms with Crippen molar-refractivity contribution in [2.45, 2.75) is 25.0 Å². The van der Waals surface area contributed by atoms with Crippen molar-refractivity contribution in [3.63, 3.8) is 0 Å². The first-order valence-electron chi connectivity index (χ1n) is 5.22. The summed E-state index contributed by atoms with van der Waals surface area (Å²) in [5, 5.41) is 3.48. The Balaban J connectivity index is 1.69.